The van der Waals surface area contributed by atoms with Crippen LogP contribution in [0.15, 0.2) is 5.16 Å². The first-order valence-corrected chi connectivity index (χ1v) is 5.47. The predicted octanol–water partition coefficient (Wildman–Crippen LogP) is 0.526. The Morgan fingerprint density at radius 3 is 2.07 bits per heavy atom. The zero-order chi connectivity index (χ0) is 11.2. The molecule has 0 saturated carbocycles. The molecule has 82 valence electrons. The monoisotopic (exact) mass is 224 g/mol. The smallest absolute Gasteiger partial charge is 0.388 e. The minimum atomic E-state index is -3.86. The van der Waals surface area contributed by atoms with E-state index in [2.05, 4.69) is 5.16 Å². The highest BCUT2D eigenvalue weighted by molar-refractivity contribution is 7.75. The van der Waals surface area contributed by atoms with Crippen LogP contribution in [0.3, 0.4) is 0 Å². The molecule has 0 unspecified atom stereocenters. The summed E-state index contributed by atoms with van der Waals surface area (Å²) in [5.74, 6) is -1.14. The number of primary amides is 1. The maximum Gasteiger partial charge on any atom is 0.388 e. The molecule has 8 heteroatoms. The second kappa shape index (κ2) is 5.74. The molecule has 0 aliphatic heterocycles. The van der Waals surface area contributed by atoms with Gasteiger partial charge in [-0.15, -0.1) is 0 Å². The summed E-state index contributed by atoms with van der Waals surface area (Å²) in [6.45, 7) is 3.20. The van der Waals surface area contributed by atoms with E-state index in [9.17, 15) is 9.36 Å². The molecule has 3 N–H and O–H groups in total. The van der Waals surface area contributed by atoms with E-state index in [0.717, 1.165) is 0 Å². The van der Waals surface area contributed by atoms with E-state index < -0.39 is 19.0 Å². The number of nitrogens with zero attached hydrogens (tertiary/aromatic N) is 1. The van der Waals surface area contributed by atoms with Crippen molar-refractivity contribution in [2.75, 3.05) is 13.2 Å². The van der Waals surface area contributed by atoms with Crippen molar-refractivity contribution in [1.82, 2.24) is 0 Å². The van der Waals surface area contributed by atoms with Gasteiger partial charge in [0.1, 0.15) is 0 Å². The van der Waals surface area contributed by atoms with Crippen molar-refractivity contribution >= 4 is 19.0 Å². The van der Waals surface area contributed by atoms with Gasteiger partial charge in [0.15, 0.2) is 0 Å². The number of nitrogens with two attached hydrogens (primary N) is 1. The van der Waals surface area contributed by atoms with Gasteiger partial charge in [0, 0.05) is 0 Å². The minimum Gasteiger partial charge on any atom is -0.410 e. The lowest BCUT2D eigenvalue weighted by molar-refractivity contribution is -0.111. The lowest BCUT2D eigenvalue weighted by Gasteiger charge is -2.15. The summed E-state index contributed by atoms with van der Waals surface area (Å²) >= 11 is 0. The van der Waals surface area contributed by atoms with E-state index >= 15 is 0 Å². The van der Waals surface area contributed by atoms with Gasteiger partial charge >= 0.3 is 7.60 Å². The zero-order valence-corrected chi connectivity index (χ0v) is 8.86. The Balaban J connectivity index is 4.97. The van der Waals surface area contributed by atoms with Gasteiger partial charge in [0.05, 0.1) is 13.2 Å². The van der Waals surface area contributed by atoms with Crippen molar-refractivity contribution in [3.63, 3.8) is 0 Å². The number of carbonyl (C=O) groups excluding carboxylic acids is 1. The Morgan fingerprint density at radius 2 is 1.86 bits per heavy atom. The topological polar surface area (TPSA) is 111 Å². The highest BCUT2D eigenvalue weighted by Gasteiger charge is 2.36. The van der Waals surface area contributed by atoms with Gasteiger partial charge < -0.3 is 20.0 Å². The number of hydrogen-bond donors (Lipinski definition) is 2. The van der Waals surface area contributed by atoms with E-state index in [4.69, 9.17) is 20.0 Å². The van der Waals surface area contributed by atoms with Crippen molar-refractivity contribution in [2.24, 2.45) is 10.9 Å². The van der Waals surface area contributed by atoms with Crippen molar-refractivity contribution in [2.45, 2.75) is 13.8 Å². The van der Waals surface area contributed by atoms with Crippen LogP contribution in [0.5, 0.6) is 0 Å². The van der Waals surface area contributed by atoms with Crippen molar-refractivity contribution < 1.29 is 23.6 Å². The maximum absolute atomic E-state index is 11.7. The second-order valence-electron chi connectivity index (χ2n) is 2.12. The van der Waals surface area contributed by atoms with Crippen LogP contribution < -0.4 is 5.73 Å². The molecule has 0 fully saturated rings. The predicted molar refractivity (Wildman–Crippen MR) is 49.3 cm³/mol. The molecule has 0 aromatic rings. The average Bonchev–Trinajstić information content (AvgIpc) is 2.04. The highest BCUT2D eigenvalue weighted by atomic mass is 31.2. The van der Waals surface area contributed by atoms with Gasteiger partial charge in [-0.3, -0.25) is 9.36 Å². The van der Waals surface area contributed by atoms with Gasteiger partial charge in [-0.25, -0.2) is 0 Å². The quantitative estimate of drug-likeness (QED) is 0.296. The Labute approximate surface area is 81.4 Å². The molecule has 0 rings (SSSR count). The fourth-order valence-corrected chi connectivity index (χ4v) is 2.12. The molecule has 0 saturated heterocycles. The Morgan fingerprint density at radius 1 is 1.43 bits per heavy atom. The van der Waals surface area contributed by atoms with E-state index in [0.29, 0.717) is 0 Å². The lowest BCUT2D eigenvalue weighted by atomic mass is 10.7. The second-order valence-corrected chi connectivity index (χ2v) is 4.06. The van der Waals surface area contributed by atoms with Gasteiger partial charge in [-0.05, 0) is 13.8 Å². The van der Waals surface area contributed by atoms with Gasteiger partial charge in [-0.2, -0.15) is 0 Å². The molecule has 0 bridgehead atoms. The van der Waals surface area contributed by atoms with Crippen LogP contribution in [0.2, 0.25) is 0 Å². The highest BCUT2D eigenvalue weighted by Crippen LogP contribution is 2.49. The largest absolute Gasteiger partial charge is 0.410 e. The molecule has 0 aliphatic carbocycles. The third kappa shape index (κ3) is 3.10. The average molecular weight is 224 g/mol. The Hall–Kier alpha value is -0.910. The van der Waals surface area contributed by atoms with Gasteiger partial charge in [0.25, 0.3) is 11.4 Å². The summed E-state index contributed by atoms with van der Waals surface area (Å²) in [5.41, 5.74) is 4.04. The zero-order valence-electron chi connectivity index (χ0n) is 7.97. The molecule has 0 spiro atoms. The SMILES string of the molecule is CCOP(=O)(OCC)/C(=N/O)C(N)=O. The lowest BCUT2D eigenvalue weighted by Crippen LogP contribution is -2.25. The fraction of sp³-hybridized carbons (Fsp3) is 0.667. The van der Waals surface area contributed by atoms with E-state index in [1.165, 1.54) is 0 Å². The number of hydrogen-bond acceptors (Lipinski definition) is 6. The third-order valence-corrected chi connectivity index (χ3v) is 3.20. The normalized spacial score (nSPS) is 12.9. The number of amides is 1. The molecule has 0 aromatic heterocycles. The molecule has 0 aromatic carbocycles. The molecule has 14 heavy (non-hydrogen) atoms. The summed E-state index contributed by atoms with van der Waals surface area (Å²) in [5, 5.41) is 11.0. The first-order chi connectivity index (χ1) is 6.51. The maximum atomic E-state index is 11.7. The van der Waals surface area contributed by atoms with E-state index in [1.807, 2.05) is 0 Å². The summed E-state index contributed by atoms with van der Waals surface area (Å²) < 4.78 is 21.2. The first kappa shape index (κ1) is 13.1. The van der Waals surface area contributed by atoms with Crippen molar-refractivity contribution in [3.8, 4) is 0 Å². The molecule has 0 atom stereocenters. The molecule has 7 nitrogen and oxygen atoms in total. The van der Waals surface area contributed by atoms with Gasteiger partial charge in [-0.1, -0.05) is 5.16 Å². The summed E-state index contributed by atoms with van der Waals surface area (Å²) in [4.78, 5) is 10.7. The summed E-state index contributed by atoms with van der Waals surface area (Å²) in [7, 11) is -3.86. The minimum absolute atomic E-state index is 0.0452. The van der Waals surface area contributed by atoms with Crippen LogP contribution in [0.25, 0.3) is 0 Å². The summed E-state index contributed by atoms with van der Waals surface area (Å²) in [6, 6.07) is 0. The summed E-state index contributed by atoms with van der Waals surface area (Å²) in [6.07, 6.45) is 0. The molecular weight excluding hydrogens is 211 g/mol. The standard InChI is InChI=1S/C6H13N2O5P/c1-3-12-14(11,13-4-2)6(8-10)5(7)9/h10H,3-4H2,1-2H3,(H2,7,9)/b8-6+. The van der Waals surface area contributed by atoms with E-state index in [1.54, 1.807) is 13.8 Å². The fourth-order valence-electron chi connectivity index (χ4n) is 0.738. The van der Waals surface area contributed by atoms with Crippen LogP contribution in [-0.2, 0) is 18.4 Å². The Bertz CT molecular complexity index is 267. The molecule has 0 heterocycles. The molecule has 1 amide bonds. The van der Waals surface area contributed by atoms with Crippen LogP contribution >= 0.6 is 7.60 Å². The Kier molecular flexibility index (Phi) is 5.37. The number of rotatable bonds is 6. The number of carbonyl (C=O) groups is 1. The third-order valence-electron chi connectivity index (χ3n) is 1.17. The van der Waals surface area contributed by atoms with Crippen molar-refractivity contribution in [3.05, 3.63) is 0 Å². The first-order valence-electron chi connectivity index (χ1n) is 3.93. The molecule has 0 aliphatic rings. The number of oxime groups is 1. The van der Waals surface area contributed by atoms with Gasteiger partial charge in [0.2, 0.25) is 0 Å². The van der Waals surface area contributed by atoms with Crippen LogP contribution in [0, 0.1) is 0 Å². The van der Waals surface area contributed by atoms with Crippen LogP contribution in [-0.4, -0.2) is 29.8 Å². The van der Waals surface area contributed by atoms with Crippen LogP contribution in [0.4, 0.5) is 0 Å². The van der Waals surface area contributed by atoms with Crippen molar-refractivity contribution in [1.29, 1.82) is 0 Å². The molecular formula is C6H13N2O5P. The van der Waals surface area contributed by atoms with Crippen LogP contribution in [0.1, 0.15) is 13.8 Å². The molecule has 0 radical (unpaired) electrons. The van der Waals surface area contributed by atoms with E-state index in [-0.39, 0.29) is 13.2 Å².